The highest BCUT2D eigenvalue weighted by molar-refractivity contribution is 6.46. The molecular formula is C29H31N3O2. The third kappa shape index (κ3) is 4.34. The molecule has 1 aliphatic rings. The Hall–Kier alpha value is -3.86. The number of anilines is 3. The molecule has 0 radical (unpaired) electrons. The first-order chi connectivity index (χ1) is 16.3. The molecule has 174 valence electrons. The molecule has 0 spiro atoms. The van der Waals surface area contributed by atoms with Crippen LogP contribution in [0.15, 0.2) is 72.4 Å². The number of hydrogen-bond donors (Lipinski definition) is 1. The number of aryl methyl sites for hydroxylation is 3. The Bertz CT molecular complexity index is 1270. The second-order valence-corrected chi connectivity index (χ2v) is 8.68. The van der Waals surface area contributed by atoms with Gasteiger partial charge >= 0.3 is 0 Å². The fourth-order valence-corrected chi connectivity index (χ4v) is 4.30. The molecule has 5 heteroatoms. The fourth-order valence-electron chi connectivity index (χ4n) is 4.30. The van der Waals surface area contributed by atoms with E-state index in [9.17, 15) is 9.59 Å². The van der Waals surface area contributed by atoms with E-state index in [0.717, 1.165) is 46.7 Å². The Labute approximate surface area is 201 Å². The Kier molecular flexibility index (Phi) is 6.55. The number of amides is 2. The van der Waals surface area contributed by atoms with E-state index in [2.05, 4.69) is 24.1 Å². The molecule has 0 saturated carbocycles. The van der Waals surface area contributed by atoms with Gasteiger partial charge in [0.1, 0.15) is 5.70 Å². The van der Waals surface area contributed by atoms with Gasteiger partial charge in [0.2, 0.25) is 0 Å². The summed E-state index contributed by atoms with van der Waals surface area (Å²) in [6.45, 7) is 12.1. The first kappa shape index (κ1) is 23.3. The summed E-state index contributed by atoms with van der Waals surface area (Å²) in [6, 6.07) is 21.3. The first-order valence-electron chi connectivity index (χ1n) is 11.7. The minimum atomic E-state index is -0.350. The largest absolute Gasteiger partial charge is 0.372 e. The molecule has 0 aromatic heterocycles. The van der Waals surface area contributed by atoms with Crippen LogP contribution in [0.4, 0.5) is 17.1 Å². The number of nitrogens with one attached hydrogen (secondary N) is 1. The smallest absolute Gasteiger partial charge is 0.282 e. The van der Waals surface area contributed by atoms with Crippen molar-refractivity contribution < 1.29 is 9.59 Å². The molecule has 0 aliphatic carbocycles. The van der Waals surface area contributed by atoms with E-state index in [0.29, 0.717) is 17.0 Å². The predicted molar refractivity (Wildman–Crippen MR) is 140 cm³/mol. The predicted octanol–water partition coefficient (Wildman–Crippen LogP) is 5.85. The van der Waals surface area contributed by atoms with Crippen molar-refractivity contribution in [2.45, 2.75) is 34.6 Å². The Morgan fingerprint density at radius 2 is 1.50 bits per heavy atom. The summed E-state index contributed by atoms with van der Waals surface area (Å²) < 4.78 is 0. The lowest BCUT2D eigenvalue weighted by molar-refractivity contribution is -0.120. The molecule has 5 nitrogen and oxygen atoms in total. The van der Waals surface area contributed by atoms with E-state index in [1.165, 1.54) is 4.90 Å². The molecule has 3 aromatic carbocycles. The van der Waals surface area contributed by atoms with Gasteiger partial charge in [-0.15, -0.1) is 0 Å². The molecule has 3 aromatic rings. The van der Waals surface area contributed by atoms with Gasteiger partial charge in [0.05, 0.1) is 11.3 Å². The van der Waals surface area contributed by atoms with Crippen molar-refractivity contribution in [3.05, 3.63) is 94.7 Å². The van der Waals surface area contributed by atoms with Crippen molar-refractivity contribution in [3.8, 4) is 0 Å². The monoisotopic (exact) mass is 453 g/mol. The van der Waals surface area contributed by atoms with E-state index < -0.39 is 0 Å². The number of hydrogen-bond acceptors (Lipinski definition) is 4. The van der Waals surface area contributed by atoms with E-state index in [4.69, 9.17) is 0 Å². The van der Waals surface area contributed by atoms with Gasteiger partial charge in [-0.25, -0.2) is 4.90 Å². The van der Waals surface area contributed by atoms with Gasteiger partial charge in [0.15, 0.2) is 0 Å². The maximum atomic E-state index is 13.6. The van der Waals surface area contributed by atoms with Crippen molar-refractivity contribution in [2.75, 3.05) is 28.2 Å². The lowest BCUT2D eigenvalue weighted by atomic mass is 9.99. The van der Waals surface area contributed by atoms with Gasteiger partial charge in [0.25, 0.3) is 11.8 Å². The molecule has 1 N–H and O–H groups in total. The highest BCUT2D eigenvalue weighted by atomic mass is 16.2. The van der Waals surface area contributed by atoms with Gasteiger partial charge in [-0.2, -0.15) is 0 Å². The zero-order chi connectivity index (χ0) is 24.4. The zero-order valence-electron chi connectivity index (χ0n) is 20.5. The minimum absolute atomic E-state index is 0.297. The summed E-state index contributed by atoms with van der Waals surface area (Å²) in [4.78, 5) is 30.8. The standard InChI is InChI=1S/C29H31N3O2/c1-6-31(7-2)24-15-13-23(14-16-24)30-27-26(22-12-11-20(4)21(5)18-22)28(33)32(29(27)34)25-10-8-9-19(3)17-25/h8-18,30H,6-7H2,1-5H3. The van der Waals surface area contributed by atoms with Crippen LogP contribution in [-0.2, 0) is 9.59 Å². The molecule has 0 bridgehead atoms. The second kappa shape index (κ2) is 9.56. The topological polar surface area (TPSA) is 52.7 Å². The van der Waals surface area contributed by atoms with Crippen LogP contribution < -0.4 is 15.1 Å². The van der Waals surface area contributed by atoms with Crippen LogP contribution >= 0.6 is 0 Å². The number of carbonyl (C=O) groups excluding carboxylic acids is 2. The third-order valence-corrected chi connectivity index (χ3v) is 6.40. The van der Waals surface area contributed by atoms with Crippen LogP contribution in [0, 0.1) is 20.8 Å². The normalized spacial score (nSPS) is 13.6. The van der Waals surface area contributed by atoms with Crippen molar-refractivity contribution >= 4 is 34.4 Å². The van der Waals surface area contributed by atoms with Gasteiger partial charge in [0, 0.05) is 24.5 Å². The number of benzene rings is 3. The van der Waals surface area contributed by atoms with Crippen LogP contribution in [0.25, 0.3) is 5.57 Å². The first-order valence-corrected chi connectivity index (χ1v) is 11.7. The van der Waals surface area contributed by atoms with Crippen molar-refractivity contribution in [2.24, 2.45) is 0 Å². The van der Waals surface area contributed by atoms with Crippen LogP contribution in [-0.4, -0.2) is 24.9 Å². The molecular weight excluding hydrogens is 422 g/mol. The lowest BCUT2D eigenvalue weighted by Crippen LogP contribution is -2.32. The summed E-state index contributed by atoms with van der Waals surface area (Å²) in [5.41, 5.74) is 7.07. The summed E-state index contributed by atoms with van der Waals surface area (Å²) >= 11 is 0. The number of carbonyl (C=O) groups is 2. The summed E-state index contributed by atoms with van der Waals surface area (Å²) in [5.74, 6) is -0.669. The lowest BCUT2D eigenvalue weighted by Gasteiger charge is -2.21. The molecule has 0 unspecified atom stereocenters. The Morgan fingerprint density at radius 3 is 2.12 bits per heavy atom. The SMILES string of the molecule is CCN(CC)c1ccc(NC2=C(c3ccc(C)c(C)c3)C(=O)N(c3cccc(C)c3)C2=O)cc1. The minimum Gasteiger partial charge on any atom is -0.372 e. The maximum Gasteiger partial charge on any atom is 0.282 e. The van der Waals surface area contributed by atoms with Gasteiger partial charge < -0.3 is 10.2 Å². The molecule has 0 fully saturated rings. The van der Waals surface area contributed by atoms with Crippen LogP contribution in [0.1, 0.15) is 36.1 Å². The Balaban J connectivity index is 1.77. The van der Waals surface area contributed by atoms with Gasteiger partial charge in [-0.05, 0) is 93.3 Å². The fraction of sp³-hybridized carbons (Fsp3) is 0.241. The molecule has 34 heavy (non-hydrogen) atoms. The summed E-state index contributed by atoms with van der Waals surface area (Å²) in [5, 5.41) is 3.27. The Morgan fingerprint density at radius 1 is 0.794 bits per heavy atom. The average molecular weight is 454 g/mol. The number of nitrogens with zero attached hydrogens (tertiary/aromatic N) is 2. The molecule has 4 rings (SSSR count). The highest BCUT2D eigenvalue weighted by Crippen LogP contribution is 2.35. The molecule has 1 heterocycles. The van der Waals surface area contributed by atoms with Crippen LogP contribution in [0.5, 0.6) is 0 Å². The molecule has 2 amide bonds. The summed E-state index contributed by atoms with van der Waals surface area (Å²) in [7, 11) is 0. The quantitative estimate of drug-likeness (QED) is 0.456. The van der Waals surface area contributed by atoms with Gasteiger partial charge in [-0.1, -0.05) is 30.3 Å². The highest BCUT2D eigenvalue weighted by Gasteiger charge is 2.40. The van der Waals surface area contributed by atoms with Crippen molar-refractivity contribution in [3.63, 3.8) is 0 Å². The second-order valence-electron chi connectivity index (χ2n) is 8.68. The van der Waals surface area contributed by atoms with E-state index in [1.54, 1.807) is 6.07 Å². The third-order valence-electron chi connectivity index (χ3n) is 6.40. The zero-order valence-corrected chi connectivity index (χ0v) is 20.5. The van der Waals surface area contributed by atoms with Crippen molar-refractivity contribution in [1.29, 1.82) is 0 Å². The average Bonchev–Trinajstić information content (AvgIpc) is 3.07. The van der Waals surface area contributed by atoms with Crippen LogP contribution in [0.2, 0.25) is 0 Å². The van der Waals surface area contributed by atoms with Gasteiger partial charge in [-0.3, -0.25) is 9.59 Å². The maximum absolute atomic E-state index is 13.6. The number of imide groups is 1. The van der Waals surface area contributed by atoms with E-state index >= 15 is 0 Å². The molecule has 0 saturated heterocycles. The number of rotatable bonds is 7. The van der Waals surface area contributed by atoms with Crippen molar-refractivity contribution in [1.82, 2.24) is 0 Å². The molecule has 0 atom stereocenters. The van der Waals surface area contributed by atoms with E-state index in [1.807, 2.05) is 81.4 Å². The summed E-state index contributed by atoms with van der Waals surface area (Å²) in [6.07, 6.45) is 0. The molecule has 1 aliphatic heterocycles. The van der Waals surface area contributed by atoms with E-state index in [-0.39, 0.29) is 11.8 Å². The van der Waals surface area contributed by atoms with Crippen LogP contribution in [0.3, 0.4) is 0 Å².